The molecule has 0 unspecified atom stereocenters. The van der Waals surface area contributed by atoms with Crippen LogP contribution >= 0.6 is 36.0 Å². The summed E-state index contributed by atoms with van der Waals surface area (Å²) in [4.78, 5) is 0. The summed E-state index contributed by atoms with van der Waals surface area (Å²) in [5.74, 6) is 0. The normalized spacial score (nSPS) is 11.4. The molecule has 1 aromatic carbocycles. The molecule has 0 saturated carbocycles. The van der Waals surface area contributed by atoms with E-state index in [2.05, 4.69) is 20.4 Å². The lowest BCUT2D eigenvalue weighted by atomic mass is 10.2. The Morgan fingerprint density at radius 1 is 1.22 bits per heavy atom. The summed E-state index contributed by atoms with van der Waals surface area (Å²) in [6, 6.07) is 10.00. The number of hydrogen-bond acceptors (Lipinski definition) is 4. The molecule has 0 aliphatic rings. The number of aromatic amines is 2. The van der Waals surface area contributed by atoms with E-state index in [4.69, 9.17) is 36.0 Å². The molecule has 0 bridgehead atoms. The largest absolute Gasteiger partial charge is 0.273 e. The number of H-pyrrole nitrogens is 2. The SMILES string of the molecule is Cc1nn(Cc2ccccc2)c(Cl)c1C=Nn1c(=S)[nH][nH]c1=S. The maximum Gasteiger partial charge on any atom is 0.215 e. The van der Waals surface area contributed by atoms with Gasteiger partial charge in [-0.25, -0.2) is 4.68 Å². The lowest BCUT2D eigenvalue weighted by molar-refractivity contribution is 0.680. The first-order valence-corrected chi connectivity index (χ1v) is 7.96. The maximum atomic E-state index is 6.43. The number of halogens is 1. The number of benzene rings is 1. The predicted octanol–water partition coefficient (Wildman–Crippen LogP) is 3.69. The number of hydrogen-bond donors (Lipinski definition) is 2. The van der Waals surface area contributed by atoms with Crippen LogP contribution in [0.25, 0.3) is 0 Å². The molecular formula is C14H13ClN6S2. The molecule has 2 aromatic heterocycles. The van der Waals surface area contributed by atoms with Crippen LogP contribution in [-0.4, -0.2) is 30.9 Å². The minimum atomic E-state index is 0.386. The number of rotatable bonds is 4. The van der Waals surface area contributed by atoms with E-state index in [0.717, 1.165) is 16.8 Å². The molecule has 0 amide bonds. The van der Waals surface area contributed by atoms with E-state index in [9.17, 15) is 0 Å². The summed E-state index contributed by atoms with van der Waals surface area (Å²) in [6.07, 6.45) is 1.61. The molecule has 2 N–H and O–H groups in total. The van der Waals surface area contributed by atoms with Crippen LogP contribution in [0.3, 0.4) is 0 Å². The van der Waals surface area contributed by atoms with E-state index in [1.165, 1.54) is 4.68 Å². The van der Waals surface area contributed by atoms with Crippen LogP contribution in [0.1, 0.15) is 16.8 Å². The molecule has 3 aromatic rings. The van der Waals surface area contributed by atoms with Gasteiger partial charge in [0, 0.05) is 0 Å². The quantitative estimate of drug-likeness (QED) is 0.548. The fourth-order valence-corrected chi connectivity index (χ4v) is 2.82. The number of aryl methyl sites for hydroxylation is 1. The molecule has 9 heteroatoms. The first kappa shape index (κ1) is 15.9. The van der Waals surface area contributed by atoms with Crippen LogP contribution in [0.5, 0.6) is 0 Å². The maximum absolute atomic E-state index is 6.43. The second-order valence-electron chi connectivity index (χ2n) is 4.85. The van der Waals surface area contributed by atoms with Crippen molar-refractivity contribution in [3.8, 4) is 0 Å². The van der Waals surface area contributed by atoms with E-state index in [1.807, 2.05) is 37.3 Å². The van der Waals surface area contributed by atoms with Crippen molar-refractivity contribution in [1.29, 1.82) is 0 Å². The smallest absolute Gasteiger partial charge is 0.215 e. The van der Waals surface area contributed by atoms with E-state index in [-0.39, 0.29) is 0 Å². The minimum Gasteiger partial charge on any atom is -0.273 e. The Morgan fingerprint density at radius 3 is 2.52 bits per heavy atom. The minimum absolute atomic E-state index is 0.386. The molecule has 0 radical (unpaired) electrons. The zero-order chi connectivity index (χ0) is 16.4. The molecule has 0 saturated heterocycles. The first-order chi connectivity index (χ1) is 11.1. The zero-order valence-electron chi connectivity index (χ0n) is 12.2. The van der Waals surface area contributed by atoms with Gasteiger partial charge in [-0.15, -0.1) is 0 Å². The van der Waals surface area contributed by atoms with Crippen LogP contribution in [-0.2, 0) is 6.54 Å². The van der Waals surface area contributed by atoms with Gasteiger partial charge in [-0.2, -0.15) is 14.9 Å². The van der Waals surface area contributed by atoms with Crippen molar-refractivity contribution in [1.82, 2.24) is 24.7 Å². The Morgan fingerprint density at radius 2 is 1.87 bits per heavy atom. The molecule has 0 spiro atoms. The molecule has 0 fully saturated rings. The van der Waals surface area contributed by atoms with Crippen molar-refractivity contribution in [2.24, 2.45) is 5.10 Å². The third kappa shape index (κ3) is 3.34. The molecule has 0 aliphatic carbocycles. The Kier molecular flexibility index (Phi) is 4.56. The van der Waals surface area contributed by atoms with Crippen molar-refractivity contribution in [3.63, 3.8) is 0 Å². The molecule has 6 nitrogen and oxygen atoms in total. The van der Waals surface area contributed by atoms with Crippen LogP contribution in [0.2, 0.25) is 5.15 Å². The van der Waals surface area contributed by atoms with Gasteiger partial charge < -0.3 is 0 Å². The van der Waals surface area contributed by atoms with Crippen molar-refractivity contribution in [2.75, 3.05) is 0 Å². The number of nitrogens with zero attached hydrogens (tertiary/aromatic N) is 4. The number of nitrogens with one attached hydrogen (secondary N) is 2. The Hall–Kier alpha value is -2.03. The molecule has 118 valence electrons. The van der Waals surface area contributed by atoms with Crippen LogP contribution in [0, 0.1) is 16.5 Å². The highest BCUT2D eigenvalue weighted by atomic mass is 35.5. The lowest BCUT2D eigenvalue weighted by Gasteiger charge is -2.03. The van der Waals surface area contributed by atoms with E-state index < -0.39 is 0 Å². The van der Waals surface area contributed by atoms with Crippen LogP contribution in [0.4, 0.5) is 0 Å². The Bertz CT molecular complexity index is 936. The third-order valence-corrected chi connectivity index (χ3v) is 4.20. The van der Waals surface area contributed by atoms with E-state index >= 15 is 0 Å². The molecule has 0 aliphatic heterocycles. The summed E-state index contributed by atoms with van der Waals surface area (Å²) < 4.78 is 3.92. The van der Waals surface area contributed by atoms with Gasteiger partial charge in [0.05, 0.1) is 24.0 Å². The van der Waals surface area contributed by atoms with Crippen LogP contribution in [0.15, 0.2) is 35.4 Å². The monoisotopic (exact) mass is 364 g/mol. The predicted molar refractivity (Wildman–Crippen MR) is 95.3 cm³/mol. The first-order valence-electron chi connectivity index (χ1n) is 6.77. The zero-order valence-corrected chi connectivity index (χ0v) is 14.5. The van der Waals surface area contributed by atoms with Crippen molar-refractivity contribution in [3.05, 3.63) is 61.8 Å². The average Bonchev–Trinajstić information content (AvgIpc) is 2.99. The van der Waals surface area contributed by atoms with Gasteiger partial charge in [-0.1, -0.05) is 41.9 Å². The van der Waals surface area contributed by atoms with Crippen molar-refractivity contribution >= 4 is 42.3 Å². The molecular weight excluding hydrogens is 352 g/mol. The van der Waals surface area contributed by atoms with Gasteiger partial charge in [0.25, 0.3) is 0 Å². The summed E-state index contributed by atoms with van der Waals surface area (Å²) in [7, 11) is 0. The standard InChI is InChI=1S/C14H13ClN6S2/c1-9-11(7-16-21-13(22)17-18-14(21)23)12(15)20(19-9)8-10-5-3-2-4-6-10/h2-7H,8H2,1H3,(H,17,22)(H,18,23). The molecule has 2 heterocycles. The summed E-state index contributed by atoms with van der Waals surface area (Å²) >= 11 is 16.6. The van der Waals surface area contributed by atoms with E-state index in [0.29, 0.717) is 21.2 Å². The summed E-state index contributed by atoms with van der Waals surface area (Å²) in [5.41, 5.74) is 2.64. The van der Waals surface area contributed by atoms with Gasteiger partial charge in [0.1, 0.15) is 5.15 Å². The topological polar surface area (TPSA) is 66.7 Å². The number of aromatic nitrogens is 5. The summed E-state index contributed by atoms with van der Waals surface area (Å²) in [5, 5.41) is 14.7. The highest BCUT2D eigenvalue weighted by molar-refractivity contribution is 7.72. The second-order valence-corrected chi connectivity index (χ2v) is 5.98. The fourth-order valence-electron chi connectivity index (χ4n) is 2.10. The lowest BCUT2D eigenvalue weighted by Crippen LogP contribution is -2.01. The average molecular weight is 365 g/mol. The fraction of sp³-hybridized carbons (Fsp3) is 0.143. The van der Waals surface area contributed by atoms with Gasteiger partial charge >= 0.3 is 0 Å². The second kappa shape index (κ2) is 6.61. The van der Waals surface area contributed by atoms with Crippen molar-refractivity contribution < 1.29 is 0 Å². The van der Waals surface area contributed by atoms with Gasteiger partial charge in [-0.3, -0.25) is 10.2 Å². The summed E-state index contributed by atoms with van der Waals surface area (Å²) in [6.45, 7) is 2.48. The van der Waals surface area contributed by atoms with Gasteiger partial charge in [0.2, 0.25) is 9.54 Å². The highest BCUT2D eigenvalue weighted by Crippen LogP contribution is 2.19. The van der Waals surface area contributed by atoms with Gasteiger partial charge in [0.15, 0.2) is 0 Å². The molecule has 23 heavy (non-hydrogen) atoms. The molecule has 3 rings (SSSR count). The van der Waals surface area contributed by atoms with Gasteiger partial charge in [-0.05, 0) is 36.9 Å². The Balaban J connectivity index is 1.92. The van der Waals surface area contributed by atoms with E-state index in [1.54, 1.807) is 10.9 Å². The molecule has 0 atom stereocenters. The Labute approximate surface area is 147 Å². The van der Waals surface area contributed by atoms with Crippen molar-refractivity contribution in [2.45, 2.75) is 13.5 Å². The van der Waals surface area contributed by atoms with Crippen LogP contribution < -0.4 is 0 Å². The highest BCUT2D eigenvalue weighted by Gasteiger charge is 2.12. The third-order valence-electron chi connectivity index (χ3n) is 3.25.